The van der Waals surface area contributed by atoms with E-state index in [2.05, 4.69) is 0 Å². The third-order valence-electron chi connectivity index (χ3n) is 2.57. The Kier molecular flexibility index (Phi) is 4.14. The van der Waals surface area contributed by atoms with Crippen LogP contribution in [-0.4, -0.2) is 17.2 Å². The second-order valence-corrected chi connectivity index (χ2v) is 3.97. The van der Waals surface area contributed by atoms with Crippen molar-refractivity contribution in [2.24, 2.45) is 0 Å². The van der Waals surface area contributed by atoms with Gasteiger partial charge >= 0.3 is 7.12 Å². The molecule has 0 atom stereocenters. The molecule has 3 nitrogen and oxygen atoms in total. The van der Waals surface area contributed by atoms with Gasteiger partial charge in [0, 0.05) is 11.5 Å². The molecule has 0 saturated carbocycles. The van der Waals surface area contributed by atoms with Crippen molar-refractivity contribution in [2.75, 3.05) is 0 Å². The second kappa shape index (κ2) is 5.82. The molecule has 6 heteroatoms. The van der Waals surface area contributed by atoms with Crippen LogP contribution >= 0.6 is 0 Å². The summed E-state index contributed by atoms with van der Waals surface area (Å²) < 4.78 is 31.4. The van der Waals surface area contributed by atoms with Crippen molar-refractivity contribution in [3.8, 4) is 5.75 Å². The summed E-state index contributed by atoms with van der Waals surface area (Å²) in [6, 6.07) is 9.49. The van der Waals surface area contributed by atoms with E-state index in [9.17, 15) is 8.78 Å². The normalized spacial score (nSPS) is 10.3. The molecule has 0 amide bonds. The third kappa shape index (κ3) is 3.53. The van der Waals surface area contributed by atoms with Gasteiger partial charge in [0.2, 0.25) is 0 Å². The number of ether oxygens (including phenoxy) is 1. The van der Waals surface area contributed by atoms with Gasteiger partial charge in [-0.1, -0.05) is 18.2 Å². The lowest BCUT2D eigenvalue weighted by atomic mass is 9.80. The van der Waals surface area contributed by atoms with E-state index in [0.717, 1.165) is 11.6 Å². The summed E-state index contributed by atoms with van der Waals surface area (Å²) in [7, 11) is -1.86. The molecule has 0 aliphatic carbocycles. The summed E-state index contributed by atoms with van der Waals surface area (Å²) in [6.07, 6.45) is 0. The molecule has 19 heavy (non-hydrogen) atoms. The molecule has 0 bridgehead atoms. The molecule has 0 aliphatic heterocycles. The van der Waals surface area contributed by atoms with Crippen LogP contribution in [0.4, 0.5) is 8.78 Å². The van der Waals surface area contributed by atoms with Crippen LogP contribution in [-0.2, 0) is 6.61 Å². The molecule has 2 aromatic rings. The van der Waals surface area contributed by atoms with E-state index in [1.54, 1.807) is 12.1 Å². The van der Waals surface area contributed by atoms with Gasteiger partial charge < -0.3 is 14.8 Å². The third-order valence-corrected chi connectivity index (χ3v) is 2.57. The monoisotopic (exact) mass is 264 g/mol. The van der Waals surface area contributed by atoms with E-state index in [1.165, 1.54) is 24.3 Å². The highest BCUT2D eigenvalue weighted by Gasteiger charge is 2.16. The molecule has 98 valence electrons. The lowest BCUT2D eigenvalue weighted by Gasteiger charge is -2.08. The maximum absolute atomic E-state index is 13.4. The zero-order valence-electron chi connectivity index (χ0n) is 9.88. The minimum absolute atomic E-state index is 0.167. The molecular weight excluding hydrogens is 253 g/mol. The van der Waals surface area contributed by atoms with Gasteiger partial charge in [-0.2, -0.15) is 0 Å². The van der Waals surface area contributed by atoms with Gasteiger partial charge in [-0.25, -0.2) is 8.78 Å². The van der Waals surface area contributed by atoms with Crippen LogP contribution < -0.4 is 10.2 Å². The molecule has 0 unspecified atom stereocenters. The molecule has 0 radical (unpaired) electrons. The van der Waals surface area contributed by atoms with Crippen LogP contribution in [0.1, 0.15) is 5.56 Å². The van der Waals surface area contributed by atoms with Crippen LogP contribution in [0, 0.1) is 11.6 Å². The molecule has 2 rings (SSSR count). The van der Waals surface area contributed by atoms with Gasteiger partial charge in [0.25, 0.3) is 0 Å². The molecule has 0 saturated heterocycles. The highest BCUT2D eigenvalue weighted by molar-refractivity contribution is 6.58. The Morgan fingerprint density at radius 3 is 2.26 bits per heavy atom. The lowest BCUT2D eigenvalue weighted by Crippen LogP contribution is -2.32. The summed E-state index contributed by atoms with van der Waals surface area (Å²) in [6.45, 7) is 0.167. The first-order chi connectivity index (χ1) is 9.06. The van der Waals surface area contributed by atoms with Crippen LogP contribution in [0.15, 0.2) is 42.5 Å². The van der Waals surface area contributed by atoms with Gasteiger partial charge in [0.1, 0.15) is 24.0 Å². The summed E-state index contributed by atoms with van der Waals surface area (Å²) in [5.41, 5.74) is 0.530. The average Bonchev–Trinajstić information content (AvgIpc) is 2.37. The van der Waals surface area contributed by atoms with E-state index in [4.69, 9.17) is 14.8 Å². The number of hydrogen-bond donors (Lipinski definition) is 2. The topological polar surface area (TPSA) is 49.7 Å². The Bertz CT molecular complexity index is 558. The van der Waals surface area contributed by atoms with Gasteiger partial charge in [-0.15, -0.1) is 0 Å². The summed E-state index contributed by atoms with van der Waals surface area (Å²) in [5, 5.41) is 17.7. The molecule has 0 heterocycles. The number of benzene rings is 2. The minimum Gasteiger partial charge on any atom is -0.489 e. The quantitative estimate of drug-likeness (QED) is 0.816. The standard InChI is InChI=1S/C13H11BF2O3/c15-10-3-1-9(2-4-10)8-19-11-5-6-12(14(17)18)13(16)7-11/h1-7,17-18H,8H2. The van der Waals surface area contributed by atoms with E-state index >= 15 is 0 Å². The fraction of sp³-hybridized carbons (Fsp3) is 0.0769. The SMILES string of the molecule is OB(O)c1ccc(OCc2ccc(F)cc2)cc1F. The first-order valence-corrected chi connectivity index (χ1v) is 5.59. The van der Waals surface area contributed by atoms with Crippen molar-refractivity contribution >= 4 is 12.6 Å². The Balaban J connectivity index is 2.04. The zero-order chi connectivity index (χ0) is 13.8. The van der Waals surface area contributed by atoms with Gasteiger partial charge in [-0.3, -0.25) is 0 Å². The summed E-state index contributed by atoms with van der Waals surface area (Å²) >= 11 is 0. The van der Waals surface area contributed by atoms with E-state index in [-0.39, 0.29) is 23.6 Å². The molecule has 0 spiro atoms. The van der Waals surface area contributed by atoms with Crippen molar-refractivity contribution in [2.45, 2.75) is 6.61 Å². The Hall–Kier alpha value is -1.92. The highest BCUT2D eigenvalue weighted by Crippen LogP contribution is 2.13. The largest absolute Gasteiger partial charge is 0.491 e. The van der Waals surface area contributed by atoms with Crippen LogP contribution in [0.5, 0.6) is 5.75 Å². The fourth-order valence-corrected chi connectivity index (χ4v) is 1.55. The van der Waals surface area contributed by atoms with Crippen molar-refractivity contribution in [1.29, 1.82) is 0 Å². The predicted molar refractivity (Wildman–Crippen MR) is 67.0 cm³/mol. The molecule has 0 fully saturated rings. The minimum atomic E-state index is -1.86. The molecule has 0 aliphatic rings. The average molecular weight is 264 g/mol. The molecule has 2 N–H and O–H groups in total. The maximum atomic E-state index is 13.4. The van der Waals surface area contributed by atoms with E-state index in [0.29, 0.717) is 0 Å². The second-order valence-electron chi connectivity index (χ2n) is 3.97. The Morgan fingerprint density at radius 2 is 1.68 bits per heavy atom. The van der Waals surface area contributed by atoms with Crippen molar-refractivity contribution in [3.05, 3.63) is 59.7 Å². The van der Waals surface area contributed by atoms with Gasteiger partial charge in [0.05, 0.1) is 0 Å². The van der Waals surface area contributed by atoms with Crippen LogP contribution in [0.3, 0.4) is 0 Å². The smallest absolute Gasteiger partial charge is 0.489 e. The van der Waals surface area contributed by atoms with Crippen molar-refractivity contribution in [1.82, 2.24) is 0 Å². The summed E-state index contributed by atoms with van der Waals surface area (Å²) in [5.74, 6) is -0.839. The van der Waals surface area contributed by atoms with E-state index < -0.39 is 12.9 Å². The zero-order valence-corrected chi connectivity index (χ0v) is 9.88. The first kappa shape index (κ1) is 13.5. The number of halogens is 2. The van der Waals surface area contributed by atoms with Crippen LogP contribution in [0.2, 0.25) is 0 Å². The highest BCUT2D eigenvalue weighted by atomic mass is 19.1. The van der Waals surface area contributed by atoms with E-state index in [1.807, 2.05) is 0 Å². The van der Waals surface area contributed by atoms with Crippen molar-refractivity contribution in [3.63, 3.8) is 0 Å². The summed E-state index contributed by atoms with van der Waals surface area (Å²) in [4.78, 5) is 0. The maximum Gasteiger partial charge on any atom is 0.491 e. The van der Waals surface area contributed by atoms with Crippen molar-refractivity contribution < 1.29 is 23.6 Å². The molecular formula is C13H11BF2O3. The van der Waals surface area contributed by atoms with Gasteiger partial charge in [0.15, 0.2) is 0 Å². The number of rotatable bonds is 4. The lowest BCUT2D eigenvalue weighted by molar-refractivity contribution is 0.304. The molecule has 2 aromatic carbocycles. The first-order valence-electron chi connectivity index (χ1n) is 5.59. The Labute approximate surface area is 109 Å². The number of hydrogen-bond acceptors (Lipinski definition) is 3. The van der Waals surface area contributed by atoms with Crippen LogP contribution in [0.25, 0.3) is 0 Å². The molecule has 0 aromatic heterocycles. The predicted octanol–water partition coefficient (Wildman–Crippen LogP) is 1.22. The fourth-order valence-electron chi connectivity index (χ4n) is 1.55. The Morgan fingerprint density at radius 1 is 1.00 bits per heavy atom. The van der Waals surface area contributed by atoms with Gasteiger partial charge in [-0.05, 0) is 23.8 Å².